The third kappa shape index (κ3) is 4.68. The van der Waals surface area contributed by atoms with Crippen molar-refractivity contribution < 1.29 is 14.3 Å². The smallest absolute Gasteiger partial charge is 0.319 e. The van der Waals surface area contributed by atoms with E-state index in [1.54, 1.807) is 12.1 Å². The molecule has 1 aliphatic heterocycles. The molecule has 0 aliphatic carbocycles. The van der Waals surface area contributed by atoms with Crippen LogP contribution in [-0.4, -0.2) is 44.8 Å². The second-order valence-electron chi connectivity index (χ2n) is 6.30. The molecule has 2 N–H and O–H groups in total. The summed E-state index contributed by atoms with van der Waals surface area (Å²) in [7, 11) is 3.96. The minimum atomic E-state index is -0.280. The normalized spacial score (nSPS) is 14.0. The number of hydrogen-bond acceptors (Lipinski definition) is 4. The van der Waals surface area contributed by atoms with Crippen molar-refractivity contribution in [3.05, 3.63) is 52.5 Å². The Morgan fingerprint density at radius 2 is 1.81 bits per heavy atom. The number of carbonyl (C=O) groups is 1. The number of nitrogens with one attached hydrogen (secondary N) is 2. The van der Waals surface area contributed by atoms with Gasteiger partial charge in [0.15, 0.2) is 11.5 Å². The highest BCUT2D eigenvalue weighted by Crippen LogP contribution is 2.38. The van der Waals surface area contributed by atoms with Gasteiger partial charge in [0, 0.05) is 23.2 Å². The molecule has 2 aromatic carbocycles. The topological polar surface area (TPSA) is 62.8 Å². The lowest BCUT2D eigenvalue weighted by Crippen LogP contribution is -2.37. The van der Waals surface area contributed by atoms with Crippen LogP contribution in [0.5, 0.6) is 11.5 Å². The quantitative estimate of drug-likeness (QED) is 0.776. The molecule has 0 fully saturated rings. The first-order chi connectivity index (χ1) is 12.5. The molecular weight excluding hydrogens is 398 g/mol. The first-order valence-corrected chi connectivity index (χ1v) is 9.18. The summed E-state index contributed by atoms with van der Waals surface area (Å²) >= 11 is 3.47. The van der Waals surface area contributed by atoms with Crippen molar-refractivity contribution in [1.82, 2.24) is 10.2 Å². The van der Waals surface area contributed by atoms with Crippen molar-refractivity contribution in [3.8, 4) is 11.5 Å². The molecule has 0 aromatic heterocycles. The number of likely N-dealkylation sites (N-methyl/N-ethyl adjacent to an activating group) is 1. The number of benzene rings is 2. The summed E-state index contributed by atoms with van der Waals surface area (Å²) in [5, 5.41) is 5.92. The summed E-state index contributed by atoms with van der Waals surface area (Å²) in [6.07, 6.45) is 0. The maximum absolute atomic E-state index is 12.6. The zero-order valence-corrected chi connectivity index (χ0v) is 16.4. The van der Waals surface area contributed by atoms with Crippen LogP contribution in [0.1, 0.15) is 11.6 Å². The van der Waals surface area contributed by atoms with E-state index in [1.807, 2.05) is 49.3 Å². The van der Waals surface area contributed by atoms with E-state index in [1.165, 1.54) is 0 Å². The van der Waals surface area contributed by atoms with Crippen molar-refractivity contribution in [1.29, 1.82) is 0 Å². The molecule has 7 heteroatoms. The Hall–Kier alpha value is -2.25. The van der Waals surface area contributed by atoms with Crippen LogP contribution in [0.3, 0.4) is 0 Å². The van der Waals surface area contributed by atoms with Gasteiger partial charge in [0.2, 0.25) is 0 Å². The highest BCUT2D eigenvalue weighted by molar-refractivity contribution is 9.10. The molecule has 2 aromatic rings. The van der Waals surface area contributed by atoms with E-state index in [9.17, 15) is 4.79 Å². The lowest BCUT2D eigenvalue weighted by molar-refractivity contribution is 0.171. The third-order valence-corrected chi connectivity index (χ3v) is 4.59. The number of urea groups is 1. The van der Waals surface area contributed by atoms with E-state index in [0.717, 1.165) is 10.0 Å². The van der Waals surface area contributed by atoms with Gasteiger partial charge in [-0.2, -0.15) is 0 Å². The van der Waals surface area contributed by atoms with Gasteiger partial charge in [0.1, 0.15) is 13.2 Å². The highest BCUT2D eigenvalue weighted by Gasteiger charge is 2.19. The van der Waals surface area contributed by atoms with E-state index in [-0.39, 0.29) is 12.1 Å². The van der Waals surface area contributed by atoms with Gasteiger partial charge in [-0.15, -0.1) is 0 Å². The second kappa shape index (κ2) is 8.42. The molecule has 0 saturated heterocycles. The van der Waals surface area contributed by atoms with Gasteiger partial charge < -0.3 is 25.0 Å². The van der Waals surface area contributed by atoms with E-state index in [2.05, 4.69) is 26.6 Å². The number of ether oxygens (including phenoxy) is 2. The SMILES string of the molecule is CN(C)CC(NC(=O)Nc1cc2c(cc1Br)OCCO2)c1ccccc1. The largest absolute Gasteiger partial charge is 0.486 e. The van der Waals surface area contributed by atoms with E-state index in [0.29, 0.717) is 36.9 Å². The fourth-order valence-electron chi connectivity index (χ4n) is 2.76. The van der Waals surface area contributed by atoms with Crippen LogP contribution in [0.25, 0.3) is 0 Å². The summed E-state index contributed by atoms with van der Waals surface area (Å²) in [5.41, 5.74) is 1.68. The first kappa shape index (κ1) is 18.5. The molecule has 1 aliphatic rings. The van der Waals surface area contributed by atoms with Crippen LogP contribution in [0, 0.1) is 0 Å². The molecule has 3 rings (SSSR count). The summed E-state index contributed by atoms with van der Waals surface area (Å²) < 4.78 is 11.9. The zero-order valence-electron chi connectivity index (χ0n) is 14.8. The van der Waals surface area contributed by atoms with Crippen LogP contribution in [-0.2, 0) is 0 Å². The number of nitrogens with zero attached hydrogens (tertiary/aromatic N) is 1. The van der Waals surface area contributed by atoms with Gasteiger partial charge >= 0.3 is 6.03 Å². The first-order valence-electron chi connectivity index (χ1n) is 8.39. The predicted molar refractivity (Wildman–Crippen MR) is 105 cm³/mol. The summed E-state index contributed by atoms with van der Waals surface area (Å²) in [5.74, 6) is 1.30. The monoisotopic (exact) mass is 419 g/mol. The van der Waals surface area contributed by atoms with Gasteiger partial charge in [0.05, 0.1) is 11.7 Å². The number of amides is 2. The predicted octanol–water partition coefficient (Wildman–Crippen LogP) is 3.64. The van der Waals surface area contributed by atoms with Crippen molar-refractivity contribution in [2.24, 2.45) is 0 Å². The Balaban J connectivity index is 1.72. The lowest BCUT2D eigenvalue weighted by atomic mass is 10.1. The molecule has 1 atom stereocenters. The number of anilines is 1. The third-order valence-electron chi connectivity index (χ3n) is 3.94. The highest BCUT2D eigenvalue weighted by atomic mass is 79.9. The molecule has 0 saturated carbocycles. The van der Waals surface area contributed by atoms with Gasteiger partial charge in [-0.05, 0) is 35.6 Å². The molecule has 0 bridgehead atoms. The van der Waals surface area contributed by atoms with Gasteiger partial charge in [-0.3, -0.25) is 0 Å². The zero-order chi connectivity index (χ0) is 18.5. The lowest BCUT2D eigenvalue weighted by Gasteiger charge is -2.24. The average molecular weight is 420 g/mol. The number of halogens is 1. The molecular formula is C19H22BrN3O3. The maximum atomic E-state index is 12.6. The molecule has 1 unspecified atom stereocenters. The Kier molecular flexibility index (Phi) is 6.00. The number of carbonyl (C=O) groups excluding carboxylic acids is 1. The van der Waals surface area contributed by atoms with Gasteiger partial charge in [0.25, 0.3) is 0 Å². The Bertz CT molecular complexity index is 768. The Morgan fingerprint density at radius 1 is 1.15 bits per heavy atom. The van der Waals surface area contributed by atoms with E-state index >= 15 is 0 Å². The van der Waals surface area contributed by atoms with Crippen LogP contribution in [0.4, 0.5) is 10.5 Å². The van der Waals surface area contributed by atoms with Crippen LogP contribution in [0.2, 0.25) is 0 Å². The van der Waals surface area contributed by atoms with Gasteiger partial charge in [-0.25, -0.2) is 4.79 Å². The minimum absolute atomic E-state index is 0.123. The Labute approximate surface area is 161 Å². The molecule has 0 spiro atoms. The molecule has 2 amide bonds. The van der Waals surface area contributed by atoms with Crippen molar-refractivity contribution in [3.63, 3.8) is 0 Å². The minimum Gasteiger partial charge on any atom is -0.486 e. The van der Waals surface area contributed by atoms with E-state index in [4.69, 9.17) is 9.47 Å². The number of hydrogen-bond donors (Lipinski definition) is 2. The standard InChI is InChI=1S/C19H22BrN3O3/c1-23(2)12-16(13-6-4-3-5-7-13)22-19(24)21-15-11-18-17(10-14(15)20)25-8-9-26-18/h3-7,10-11,16H,8-9,12H2,1-2H3,(H2,21,22,24). The number of fused-ring (bicyclic) bond motifs is 1. The Morgan fingerprint density at radius 3 is 2.46 bits per heavy atom. The molecule has 138 valence electrons. The maximum Gasteiger partial charge on any atom is 0.319 e. The van der Waals surface area contributed by atoms with Crippen molar-refractivity contribution >= 4 is 27.6 Å². The van der Waals surface area contributed by atoms with E-state index < -0.39 is 0 Å². The molecule has 6 nitrogen and oxygen atoms in total. The van der Waals surface area contributed by atoms with Crippen LogP contribution >= 0.6 is 15.9 Å². The fourth-order valence-corrected chi connectivity index (χ4v) is 3.18. The number of rotatable bonds is 5. The molecule has 26 heavy (non-hydrogen) atoms. The van der Waals surface area contributed by atoms with Crippen LogP contribution in [0.15, 0.2) is 46.9 Å². The second-order valence-corrected chi connectivity index (χ2v) is 7.15. The van der Waals surface area contributed by atoms with Crippen molar-refractivity contribution in [2.75, 3.05) is 39.2 Å². The molecule has 1 heterocycles. The summed E-state index contributed by atoms with van der Waals surface area (Å²) in [4.78, 5) is 14.6. The van der Waals surface area contributed by atoms with Gasteiger partial charge in [-0.1, -0.05) is 30.3 Å². The summed E-state index contributed by atoms with van der Waals surface area (Å²) in [6, 6.07) is 13.1. The average Bonchev–Trinajstić information content (AvgIpc) is 2.62. The van der Waals surface area contributed by atoms with Crippen LogP contribution < -0.4 is 20.1 Å². The fraction of sp³-hybridized carbons (Fsp3) is 0.316. The van der Waals surface area contributed by atoms with Crippen molar-refractivity contribution in [2.45, 2.75) is 6.04 Å². The molecule has 0 radical (unpaired) electrons. The summed E-state index contributed by atoms with van der Waals surface area (Å²) in [6.45, 7) is 1.72.